The van der Waals surface area contributed by atoms with Crippen LogP contribution in [0.15, 0.2) is 0 Å². The van der Waals surface area contributed by atoms with Crippen LogP contribution >= 0.6 is 0 Å². The third kappa shape index (κ3) is 2.28. The lowest BCUT2D eigenvalue weighted by molar-refractivity contribution is -0.151. The molecule has 0 aromatic rings. The molecular formula is C9H14O4. The van der Waals surface area contributed by atoms with E-state index in [1.165, 1.54) is 7.11 Å². The number of esters is 1. The van der Waals surface area contributed by atoms with Crippen molar-refractivity contribution in [3.05, 3.63) is 0 Å². The van der Waals surface area contributed by atoms with Crippen molar-refractivity contribution in [2.45, 2.75) is 25.9 Å². The first kappa shape index (κ1) is 10.2. The van der Waals surface area contributed by atoms with Gasteiger partial charge in [-0.15, -0.1) is 0 Å². The molecule has 1 fully saturated rings. The van der Waals surface area contributed by atoms with E-state index in [0.29, 0.717) is 6.61 Å². The van der Waals surface area contributed by atoms with Gasteiger partial charge in [-0.3, -0.25) is 9.59 Å². The zero-order valence-corrected chi connectivity index (χ0v) is 7.91. The van der Waals surface area contributed by atoms with Crippen LogP contribution in [-0.2, 0) is 19.1 Å². The van der Waals surface area contributed by atoms with E-state index in [2.05, 4.69) is 4.74 Å². The highest BCUT2D eigenvalue weighted by molar-refractivity contribution is 6.00. The highest BCUT2D eigenvalue weighted by atomic mass is 16.5. The van der Waals surface area contributed by atoms with Crippen LogP contribution in [-0.4, -0.2) is 31.6 Å². The summed E-state index contributed by atoms with van der Waals surface area (Å²) in [5.41, 5.74) is 0. The van der Waals surface area contributed by atoms with E-state index in [9.17, 15) is 9.59 Å². The number of ether oxygens (including phenoxy) is 2. The van der Waals surface area contributed by atoms with Gasteiger partial charge in [-0.25, -0.2) is 0 Å². The third-order valence-electron chi connectivity index (χ3n) is 2.23. The molecule has 13 heavy (non-hydrogen) atoms. The Morgan fingerprint density at radius 2 is 2.23 bits per heavy atom. The van der Waals surface area contributed by atoms with Crippen LogP contribution in [0.1, 0.15) is 19.8 Å². The maximum absolute atomic E-state index is 11.5. The number of carbonyl (C=O) groups excluding carboxylic acids is 2. The van der Waals surface area contributed by atoms with Crippen LogP contribution < -0.4 is 0 Å². The Morgan fingerprint density at radius 1 is 1.54 bits per heavy atom. The molecule has 1 heterocycles. The van der Waals surface area contributed by atoms with Gasteiger partial charge in [0.1, 0.15) is 12.0 Å². The molecule has 0 radical (unpaired) electrons. The minimum atomic E-state index is -0.701. The Hall–Kier alpha value is -0.900. The van der Waals surface area contributed by atoms with Crippen LogP contribution in [0.5, 0.6) is 0 Å². The van der Waals surface area contributed by atoms with Crippen LogP contribution in [0, 0.1) is 5.92 Å². The molecule has 0 aromatic heterocycles. The van der Waals surface area contributed by atoms with Crippen LogP contribution in [0.3, 0.4) is 0 Å². The highest BCUT2D eigenvalue weighted by Gasteiger charge is 2.31. The number of carbonyl (C=O) groups is 2. The van der Waals surface area contributed by atoms with E-state index in [0.717, 1.165) is 12.8 Å². The number of Topliss-reactive ketones (excluding diaryl/α,β-unsaturated/α-hetero) is 1. The number of methoxy groups -OCH3 is 1. The van der Waals surface area contributed by atoms with Gasteiger partial charge in [0.25, 0.3) is 0 Å². The monoisotopic (exact) mass is 186 g/mol. The van der Waals surface area contributed by atoms with Crippen molar-refractivity contribution < 1.29 is 19.1 Å². The molecule has 0 aromatic carbocycles. The fourth-order valence-electron chi connectivity index (χ4n) is 1.37. The van der Waals surface area contributed by atoms with Gasteiger partial charge in [0.05, 0.1) is 7.11 Å². The second-order valence-electron chi connectivity index (χ2n) is 3.15. The van der Waals surface area contributed by atoms with Crippen molar-refractivity contribution in [3.63, 3.8) is 0 Å². The average Bonchev–Trinajstić information content (AvgIpc) is 2.67. The fourth-order valence-corrected chi connectivity index (χ4v) is 1.37. The van der Waals surface area contributed by atoms with Gasteiger partial charge >= 0.3 is 5.97 Å². The van der Waals surface area contributed by atoms with Crippen molar-refractivity contribution in [1.29, 1.82) is 0 Å². The summed E-state index contributed by atoms with van der Waals surface area (Å²) in [7, 11) is 1.28. The minimum Gasteiger partial charge on any atom is -0.468 e. The van der Waals surface area contributed by atoms with Crippen molar-refractivity contribution >= 4 is 11.8 Å². The zero-order chi connectivity index (χ0) is 9.84. The van der Waals surface area contributed by atoms with E-state index in [1.54, 1.807) is 6.92 Å². The van der Waals surface area contributed by atoms with Gasteiger partial charge in [-0.2, -0.15) is 0 Å². The molecule has 4 nitrogen and oxygen atoms in total. The van der Waals surface area contributed by atoms with E-state index in [-0.39, 0.29) is 5.78 Å². The standard InChI is InChI=1S/C9H14O4/c1-6(9(11)12-2)8(10)7-4-3-5-13-7/h6-7H,3-5H2,1-2H3. The second-order valence-corrected chi connectivity index (χ2v) is 3.15. The summed E-state index contributed by atoms with van der Waals surface area (Å²) in [6.45, 7) is 2.17. The van der Waals surface area contributed by atoms with E-state index in [1.807, 2.05) is 0 Å². The van der Waals surface area contributed by atoms with Crippen molar-refractivity contribution in [1.82, 2.24) is 0 Å². The summed E-state index contributed by atoms with van der Waals surface area (Å²) in [4.78, 5) is 22.5. The molecule has 0 spiro atoms. The maximum Gasteiger partial charge on any atom is 0.316 e. The maximum atomic E-state index is 11.5. The molecule has 1 aliphatic rings. The topological polar surface area (TPSA) is 52.6 Å². The van der Waals surface area contributed by atoms with Gasteiger partial charge in [0.2, 0.25) is 0 Å². The molecule has 0 N–H and O–H groups in total. The summed E-state index contributed by atoms with van der Waals surface area (Å²) in [6.07, 6.45) is 1.22. The van der Waals surface area contributed by atoms with Crippen molar-refractivity contribution in [2.24, 2.45) is 5.92 Å². The molecule has 0 bridgehead atoms. The Balaban J connectivity index is 2.50. The lowest BCUT2D eigenvalue weighted by Gasteiger charge is -2.12. The fraction of sp³-hybridized carbons (Fsp3) is 0.778. The Labute approximate surface area is 77.2 Å². The lowest BCUT2D eigenvalue weighted by atomic mass is 10.0. The summed E-state index contributed by atoms with van der Waals surface area (Å²) < 4.78 is 9.65. The molecule has 1 saturated heterocycles. The molecule has 2 unspecified atom stereocenters. The largest absolute Gasteiger partial charge is 0.468 e. The van der Waals surface area contributed by atoms with Crippen LogP contribution in [0.2, 0.25) is 0 Å². The molecule has 1 rings (SSSR count). The van der Waals surface area contributed by atoms with E-state index < -0.39 is 18.0 Å². The summed E-state index contributed by atoms with van der Waals surface area (Å²) in [5, 5.41) is 0. The van der Waals surface area contributed by atoms with Gasteiger partial charge in [-0.05, 0) is 19.8 Å². The first-order valence-electron chi connectivity index (χ1n) is 4.40. The lowest BCUT2D eigenvalue weighted by Crippen LogP contribution is -2.31. The average molecular weight is 186 g/mol. The molecule has 0 aliphatic carbocycles. The summed E-state index contributed by atoms with van der Waals surface area (Å²) >= 11 is 0. The molecule has 2 atom stereocenters. The SMILES string of the molecule is COC(=O)C(C)C(=O)C1CCCO1. The Kier molecular flexibility index (Phi) is 3.42. The molecule has 4 heteroatoms. The number of hydrogen-bond donors (Lipinski definition) is 0. The predicted molar refractivity (Wildman–Crippen MR) is 45.2 cm³/mol. The Bertz CT molecular complexity index is 206. The minimum absolute atomic E-state index is 0.163. The normalized spacial score (nSPS) is 24.0. The number of hydrogen-bond acceptors (Lipinski definition) is 4. The molecule has 0 saturated carbocycles. The molecule has 0 amide bonds. The zero-order valence-electron chi connectivity index (χ0n) is 7.91. The number of ketones is 1. The first-order chi connectivity index (χ1) is 6.16. The predicted octanol–water partition coefficient (Wildman–Crippen LogP) is 0.544. The smallest absolute Gasteiger partial charge is 0.316 e. The van der Waals surface area contributed by atoms with E-state index in [4.69, 9.17) is 4.74 Å². The van der Waals surface area contributed by atoms with Crippen molar-refractivity contribution in [3.8, 4) is 0 Å². The van der Waals surface area contributed by atoms with Gasteiger partial charge in [0.15, 0.2) is 5.78 Å². The molecular weight excluding hydrogens is 172 g/mol. The first-order valence-corrected chi connectivity index (χ1v) is 4.40. The van der Waals surface area contributed by atoms with Gasteiger partial charge in [0, 0.05) is 6.61 Å². The van der Waals surface area contributed by atoms with Gasteiger partial charge < -0.3 is 9.47 Å². The number of rotatable bonds is 3. The van der Waals surface area contributed by atoms with Crippen molar-refractivity contribution in [2.75, 3.05) is 13.7 Å². The van der Waals surface area contributed by atoms with Crippen LogP contribution in [0.4, 0.5) is 0 Å². The summed E-state index contributed by atoms with van der Waals surface area (Å²) in [5.74, 6) is -1.35. The van der Waals surface area contributed by atoms with Gasteiger partial charge in [-0.1, -0.05) is 0 Å². The quantitative estimate of drug-likeness (QED) is 0.477. The third-order valence-corrected chi connectivity index (χ3v) is 2.23. The van der Waals surface area contributed by atoms with E-state index >= 15 is 0 Å². The van der Waals surface area contributed by atoms with Crippen LogP contribution in [0.25, 0.3) is 0 Å². The molecule has 74 valence electrons. The highest BCUT2D eigenvalue weighted by Crippen LogP contribution is 2.17. The summed E-state index contributed by atoms with van der Waals surface area (Å²) in [6, 6.07) is 0. The molecule has 1 aliphatic heterocycles. The second kappa shape index (κ2) is 4.37. The Morgan fingerprint density at radius 3 is 2.69 bits per heavy atom.